The Labute approximate surface area is 243 Å². The molecule has 42 heavy (non-hydrogen) atoms. The first-order valence-electron chi connectivity index (χ1n) is 13.9. The predicted molar refractivity (Wildman–Crippen MR) is 155 cm³/mol. The molecule has 1 unspecified atom stereocenters. The van der Waals surface area contributed by atoms with E-state index in [4.69, 9.17) is 4.74 Å². The number of alkyl halides is 4. The molecule has 0 fully saturated rings. The number of unbranched alkanes of at least 4 members (excludes halogenated alkanes) is 5. The van der Waals surface area contributed by atoms with Gasteiger partial charge in [0.15, 0.2) is 0 Å². The Bertz CT molecular complexity index is 1330. The van der Waals surface area contributed by atoms with Gasteiger partial charge in [-0.25, -0.2) is 0 Å². The Morgan fingerprint density at radius 2 is 1.36 bits per heavy atom. The average Bonchev–Trinajstić information content (AvgIpc) is 2.97. The molecule has 0 spiro atoms. The van der Waals surface area contributed by atoms with Gasteiger partial charge in [-0.3, -0.25) is 9.36 Å². The normalized spacial score (nSPS) is 13.4. The minimum atomic E-state index is -5.96. The van der Waals surface area contributed by atoms with Crippen molar-refractivity contribution in [2.24, 2.45) is 0 Å². The molecule has 0 heterocycles. The number of rotatable bonds is 16. The van der Waals surface area contributed by atoms with Gasteiger partial charge in [-0.15, -0.1) is 0 Å². The summed E-state index contributed by atoms with van der Waals surface area (Å²) >= 11 is 0. The van der Waals surface area contributed by atoms with Gasteiger partial charge >= 0.3 is 19.2 Å². The smallest absolute Gasteiger partial charge is 0.411 e. The number of benzene rings is 3. The molecule has 3 rings (SSSR count). The van der Waals surface area contributed by atoms with E-state index in [1.54, 1.807) is 24.3 Å². The first-order chi connectivity index (χ1) is 19.9. The first kappa shape index (κ1) is 33.3. The first-order valence-corrected chi connectivity index (χ1v) is 15.5. The Balaban J connectivity index is 1.57. The molecule has 3 aromatic rings. The van der Waals surface area contributed by atoms with Gasteiger partial charge in [-0.05, 0) is 60.9 Å². The van der Waals surface area contributed by atoms with Gasteiger partial charge < -0.3 is 19.5 Å². The number of nitrogens with one attached hydrogen (secondary N) is 1. The fourth-order valence-electron chi connectivity index (χ4n) is 4.20. The van der Waals surface area contributed by atoms with Crippen molar-refractivity contribution < 1.29 is 41.1 Å². The Kier molecular flexibility index (Phi) is 11.7. The summed E-state index contributed by atoms with van der Waals surface area (Å²) in [5, 5.41) is 2.51. The molecule has 3 aromatic carbocycles. The van der Waals surface area contributed by atoms with Crippen LogP contribution in [0.15, 0.2) is 72.8 Å². The highest BCUT2D eigenvalue weighted by molar-refractivity contribution is 7.54. The van der Waals surface area contributed by atoms with Gasteiger partial charge in [-0.1, -0.05) is 75.4 Å². The van der Waals surface area contributed by atoms with Gasteiger partial charge in [0.1, 0.15) is 5.75 Å². The molecule has 11 heteroatoms. The largest absolute Gasteiger partial charge is 0.494 e. The Morgan fingerprint density at radius 1 is 0.810 bits per heavy atom. The molecule has 1 amide bonds. The van der Waals surface area contributed by atoms with Crippen molar-refractivity contribution in [2.75, 3.05) is 18.5 Å². The van der Waals surface area contributed by atoms with Crippen LogP contribution < -0.4 is 10.1 Å². The lowest BCUT2D eigenvalue weighted by Crippen LogP contribution is -2.38. The number of carbonyl (C=O) groups is 1. The van der Waals surface area contributed by atoms with Crippen LogP contribution in [0.25, 0.3) is 11.1 Å². The third-order valence-electron chi connectivity index (χ3n) is 6.64. The second-order valence-corrected chi connectivity index (χ2v) is 11.7. The van der Waals surface area contributed by atoms with Crippen LogP contribution in [0.2, 0.25) is 0 Å². The maximum atomic E-state index is 14.5. The molecule has 0 saturated heterocycles. The van der Waals surface area contributed by atoms with Crippen LogP contribution in [-0.2, 0) is 15.0 Å². The van der Waals surface area contributed by atoms with Crippen LogP contribution in [0.5, 0.6) is 5.75 Å². The molecular weight excluding hydrogens is 573 g/mol. The van der Waals surface area contributed by atoms with E-state index in [1.807, 2.05) is 24.3 Å². The van der Waals surface area contributed by atoms with E-state index in [1.165, 1.54) is 25.7 Å². The van der Waals surface area contributed by atoms with Gasteiger partial charge in [-0.2, -0.15) is 17.6 Å². The highest BCUT2D eigenvalue weighted by Crippen LogP contribution is 2.66. The minimum Gasteiger partial charge on any atom is -0.494 e. The van der Waals surface area contributed by atoms with E-state index < -0.39 is 37.3 Å². The van der Waals surface area contributed by atoms with E-state index in [-0.39, 0.29) is 11.3 Å². The van der Waals surface area contributed by atoms with E-state index >= 15 is 0 Å². The third kappa shape index (κ3) is 8.21. The van der Waals surface area contributed by atoms with Gasteiger partial charge in [0, 0.05) is 16.8 Å². The van der Waals surface area contributed by atoms with Crippen molar-refractivity contribution >= 4 is 19.2 Å². The molecule has 0 saturated carbocycles. The van der Waals surface area contributed by atoms with Crippen molar-refractivity contribution in [1.29, 1.82) is 0 Å². The van der Waals surface area contributed by atoms with Crippen LogP contribution in [0.3, 0.4) is 0 Å². The summed E-state index contributed by atoms with van der Waals surface area (Å²) in [5.41, 5.74) is -4.41. The van der Waals surface area contributed by atoms with Crippen molar-refractivity contribution in [3.63, 3.8) is 0 Å². The molecule has 0 aliphatic rings. The molecular formula is C31H36F4NO5P. The summed E-state index contributed by atoms with van der Waals surface area (Å²) in [4.78, 5) is 22.0. The summed E-state index contributed by atoms with van der Waals surface area (Å²) in [6, 6.07) is 17.7. The van der Waals surface area contributed by atoms with Gasteiger partial charge in [0.05, 0.1) is 13.2 Å². The monoisotopic (exact) mass is 609 g/mol. The number of ether oxygens (including phenoxy) is 1. The van der Waals surface area contributed by atoms with E-state index in [0.717, 1.165) is 48.8 Å². The van der Waals surface area contributed by atoms with Crippen LogP contribution in [-0.4, -0.2) is 29.7 Å². The van der Waals surface area contributed by atoms with Crippen molar-refractivity contribution in [2.45, 2.75) is 64.0 Å². The number of carbonyl (C=O) groups excluding carboxylic acids is 1. The van der Waals surface area contributed by atoms with Gasteiger partial charge in [0.2, 0.25) is 0 Å². The van der Waals surface area contributed by atoms with Crippen LogP contribution in [0.4, 0.5) is 23.2 Å². The summed E-state index contributed by atoms with van der Waals surface area (Å²) in [6.07, 6.45) is 7.15. The summed E-state index contributed by atoms with van der Waals surface area (Å²) in [7, 11) is -5.96. The van der Waals surface area contributed by atoms with Crippen molar-refractivity contribution in [3.05, 3.63) is 83.9 Å². The lowest BCUT2D eigenvalue weighted by Gasteiger charge is -2.29. The number of hydrogen-bond acceptors (Lipinski definition) is 4. The quantitative estimate of drug-likeness (QED) is 0.0961. The highest BCUT2D eigenvalue weighted by atomic mass is 31.2. The lowest BCUT2D eigenvalue weighted by molar-refractivity contribution is -0.176. The van der Waals surface area contributed by atoms with Crippen LogP contribution >= 0.6 is 7.60 Å². The molecule has 0 aliphatic carbocycles. The summed E-state index contributed by atoms with van der Waals surface area (Å²) in [6.45, 7) is 3.35. The van der Waals surface area contributed by atoms with E-state index in [9.17, 15) is 31.8 Å². The van der Waals surface area contributed by atoms with Gasteiger partial charge in [0.25, 0.3) is 5.91 Å². The molecule has 228 valence electrons. The fourth-order valence-corrected chi connectivity index (χ4v) is 5.20. The summed E-state index contributed by atoms with van der Waals surface area (Å²) in [5.74, 6) is -4.75. The maximum absolute atomic E-state index is 14.5. The molecule has 6 nitrogen and oxygen atoms in total. The van der Waals surface area contributed by atoms with E-state index in [0.29, 0.717) is 18.7 Å². The molecule has 2 N–H and O–H groups in total. The standard InChI is InChI=1S/C31H36F4NO5P/c1-3-5-6-7-8-9-22-40-28-20-14-24(15-21-28)23-10-12-25(13-11-23)29(37)36-27-18-16-26(17-19-27)30(32,33)31(34,35)42(38,39)41-4-2/h10-21H,3-9,22H2,1-2H3,(H,36,37)(H,38,39). The number of anilines is 1. The number of hydrogen-bond donors (Lipinski definition) is 2. The molecule has 0 aliphatic heterocycles. The SMILES string of the molecule is CCCCCCCCOc1ccc(-c2ccc(C(=O)Nc3ccc(C(F)(F)C(F)(F)P(=O)(O)OCC)cc3)cc2)cc1. The number of amides is 1. The molecule has 1 atom stereocenters. The second-order valence-electron chi connectivity index (χ2n) is 9.80. The molecule has 0 aromatic heterocycles. The van der Waals surface area contributed by atoms with Crippen LogP contribution in [0, 0.1) is 0 Å². The Morgan fingerprint density at radius 3 is 1.93 bits per heavy atom. The predicted octanol–water partition coefficient (Wildman–Crippen LogP) is 9.25. The zero-order valence-corrected chi connectivity index (χ0v) is 24.5. The second kappa shape index (κ2) is 14.8. The maximum Gasteiger partial charge on any atom is 0.411 e. The zero-order chi connectivity index (χ0) is 30.8. The Hall–Kier alpha value is -3.20. The average molecular weight is 610 g/mol. The summed E-state index contributed by atoms with van der Waals surface area (Å²) < 4.78 is 78.9. The highest BCUT2D eigenvalue weighted by Gasteiger charge is 2.69. The van der Waals surface area contributed by atoms with E-state index in [2.05, 4.69) is 16.8 Å². The third-order valence-corrected chi connectivity index (χ3v) is 8.24. The van der Waals surface area contributed by atoms with Crippen molar-refractivity contribution in [1.82, 2.24) is 0 Å². The molecule has 0 bridgehead atoms. The number of halogens is 4. The minimum absolute atomic E-state index is 0.0699. The lowest BCUT2D eigenvalue weighted by atomic mass is 10.0. The molecule has 0 radical (unpaired) electrons. The topological polar surface area (TPSA) is 84.9 Å². The fraction of sp³-hybridized carbons (Fsp3) is 0.387. The van der Waals surface area contributed by atoms with Crippen molar-refractivity contribution in [3.8, 4) is 16.9 Å². The zero-order valence-electron chi connectivity index (χ0n) is 23.6. The van der Waals surface area contributed by atoms with Crippen LogP contribution in [0.1, 0.15) is 68.3 Å².